The summed E-state index contributed by atoms with van der Waals surface area (Å²) in [6.07, 6.45) is -4.07. The topological polar surface area (TPSA) is 31.2 Å². The van der Waals surface area contributed by atoms with Crippen molar-refractivity contribution in [3.8, 4) is 11.3 Å². The predicted octanol–water partition coefficient (Wildman–Crippen LogP) is 6.37. The van der Waals surface area contributed by atoms with Gasteiger partial charge in [0.25, 0.3) is 0 Å². The van der Waals surface area contributed by atoms with Crippen LogP contribution in [0.3, 0.4) is 0 Å². The van der Waals surface area contributed by atoms with Gasteiger partial charge in [0.15, 0.2) is 0 Å². The van der Waals surface area contributed by atoms with Crippen molar-refractivity contribution in [1.82, 2.24) is 4.57 Å². The molecule has 0 unspecified atom stereocenters. The molecular formula is C16H14BrClF3NO2. The SMILES string of the molecule is CC(C)(C)OC(=O)n1cc(Br)cc1-c1c(Cl)cccc1C(F)(F)F. The lowest BCUT2D eigenvalue weighted by Gasteiger charge is -2.21. The Morgan fingerprint density at radius 1 is 1.25 bits per heavy atom. The average molecular weight is 425 g/mol. The molecule has 0 atom stereocenters. The molecule has 0 aliphatic heterocycles. The van der Waals surface area contributed by atoms with Crippen LogP contribution in [-0.4, -0.2) is 16.3 Å². The number of hydrogen-bond donors (Lipinski definition) is 0. The Morgan fingerprint density at radius 3 is 2.42 bits per heavy atom. The zero-order chi connectivity index (χ0) is 18.3. The van der Waals surface area contributed by atoms with Crippen molar-refractivity contribution in [3.63, 3.8) is 0 Å². The molecule has 0 saturated carbocycles. The van der Waals surface area contributed by atoms with Crippen molar-refractivity contribution in [1.29, 1.82) is 0 Å². The molecular weight excluding hydrogens is 411 g/mol. The predicted molar refractivity (Wildman–Crippen MR) is 89.2 cm³/mol. The first-order valence-electron chi connectivity index (χ1n) is 6.87. The molecule has 3 nitrogen and oxygen atoms in total. The molecule has 130 valence electrons. The smallest absolute Gasteiger partial charge is 0.419 e. The minimum absolute atomic E-state index is 0.00551. The number of carbonyl (C=O) groups excluding carboxylic acids is 1. The fourth-order valence-corrected chi connectivity index (χ4v) is 2.80. The Labute approximate surface area is 150 Å². The first kappa shape index (κ1) is 18.9. The van der Waals surface area contributed by atoms with Crippen molar-refractivity contribution in [2.24, 2.45) is 0 Å². The number of halogens is 5. The highest BCUT2D eigenvalue weighted by Crippen LogP contribution is 2.42. The number of nitrogens with zero attached hydrogens (tertiary/aromatic N) is 1. The maximum Gasteiger partial charge on any atom is 0.419 e. The lowest BCUT2D eigenvalue weighted by atomic mass is 10.0. The second-order valence-corrected chi connectivity index (χ2v) is 7.38. The van der Waals surface area contributed by atoms with E-state index in [1.807, 2.05) is 0 Å². The molecule has 0 fully saturated rings. The normalized spacial score (nSPS) is 12.3. The molecule has 0 N–H and O–H groups in total. The van der Waals surface area contributed by atoms with Crippen LogP contribution in [0, 0.1) is 0 Å². The van der Waals surface area contributed by atoms with Crippen LogP contribution in [0.4, 0.5) is 18.0 Å². The lowest BCUT2D eigenvalue weighted by molar-refractivity contribution is -0.137. The molecule has 24 heavy (non-hydrogen) atoms. The second kappa shape index (κ2) is 6.44. The van der Waals surface area contributed by atoms with Gasteiger partial charge in [0, 0.05) is 16.2 Å². The number of ether oxygens (including phenoxy) is 1. The van der Waals surface area contributed by atoms with Gasteiger partial charge >= 0.3 is 12.3 Å². The molecule has 8 heteroatoms. The van der Waals surface area contributed by atoms with E-state index in [2.05, 4.69) is 15.9 Å². The van der Waals surface area contributed by atoms with Crippen molar-refractivity contribution in [2.75, 3.05) is 0 Å². The van der Waals surface area contributed by atoms with Gasteiger partial charge in [-0.2, -0.15) is 13.2 Å². The van der Waals surface area contributed by atoms with Crippen molar-refractivity contribution < 1.29 is 22.7 Å². The average Bonchev–Trinajstić information content (AvgIpc) is 2.77. The van der Waals surface area contributed by atoms with Gasteiger partial charge in [-0.25, -0.2) is 4.79 Å². The second-order valence-electron chi connectivity index (χ2n) is 6.05. The van der Waals surface area contributed by atoms with E-state index in [9.17, 15) is 18.0 Å². The van der Waals surface area contributed by atoms with Crippen LogP contribution in [0.15, 0.2) is 34.9 Å². The Morgan fingerprint density at radius 2 is 1.88 bits per heavy atom. The number of carbonyl (C=O) groups is 1. The molecule has 0 amide bonds. The van der Waals surface area contributed by atoms with Crippen LogP contribution in [0.5, 0.6) is 0 Å². The Balaban J connectivity index is 2.66. The van der Waals surface area contributed by atoms with Crippen LogP contribution in [0.25, 0.3) is 11.3 Å². The zero-order valence-corrected chi connectivity index (χ0v) is 15.4. The van der Waals surface area contributed by atoms with Crippen LogP contribution >= 0.6 is 27.5 Å². The summed E-state index contributed by atoms with van der Waals surface area (Å²) in [5.74, 6) is 0. The van der Waals surface area contributed by atoms with Gasteiger partial charge in [-0.15, -0.1) is 0 Å². The highest BCUT2D eigenvalue weighted by atomic mass is 79.9. The molecule has 1 aromatic carbocycles. The lowest BCUT2D eigenvalue weighted by Crippen LogP contribution is -2.27. The monoisotopic (exact) mass is 423 g/mol. The van der Waals surface area contributed by atoms with Crippen LogP contribution < -0.4 is 0 Å². The third-order valence-corrected chi connectivity index (χ3v) is 3.70. The van der Waals surface area contributed by atoms with E-state index < -0.39 is 23.4 Å². The minimum atomic E-state index is -4.62. The van der Waals surface area contributed by atoms with Crippen LogP contribution in [0.1, 0.15) is 26.3 Å². The summed E-state index contributed by atoms with van der Waals surface area (Å²) in [7, 11) is 0. The van der Waals surface area contributed by atoms with Crippen molar-refractivity contribution >= 4 is 33.6 Å². The van der Waals surface area contributed by atoms with E-state index in [1.54, 1.807) is 20.8 Å². The Hall–Kier alpha value is -1.47. The summed E-state index contributed by atoms with van der Waals surface area (Å²) >= 11 is 9.18. The fourth-order valence-electron chi connectivity index (χ4n) is 2.11. The summed E-state index contributed by atoms with van der Waals surface area (Å²) in [5.41, 5.74) is -2.00. The molecule has 0 bridgehead atoms. The standard InChI is InChI=1S/C16H14BrClF3NO2/c1-15(2,3)24-14(23)22-8-9(17)7-12(22)13-10(16(19,20)21)5-4-6-11(13)18/h4-8H,1-3H3. The van der Waals surface area contributed by atoms with E-state index in [1.165, 1.54) is 24.4 Å². The van der Waals surface area contributed by atoms with E-state index >= 15 is 0 Å². The minimum Gasteiger partial charge on any atom is -0.443 e. The maximum atomic E-state index is 13.3. The van der Waals surface area contributed by atoms with Gasteiger partial charge in [-0.1, -0.05) is 17.7 Å². The summed E-state index contributed by atoms with van der Waals surface area (Å²) in [5, 5.41) is -0.111. The van der Waals surface area contributed by atoms with Gasteiger partial charge < -0.3 is 4.74 Å². The van der Waals surface area contributed by atoms with Crippen molar-refractivity contribution in [3.05, 3.63) is 45.5 Å². The first-order chi connectivity index (χ1) is 10.9. The number of rotatable bonds is 1. The molecule has 0 spiro atoms. The van der Waals surface area contributed by atoms with Crippen LogP contribution in [0.2, 0.25) is 5.02 Å². The molecule has 2 aromatic rings. The number of aromatic nitrogens is 1. The molecule has 2 rings (SSSR count). The summed E-state index contributed by atoms with van der Waals surface area (Å²) in [6, 6.07) is 4.86. The third kappa shape index (κ3) is 4.13. The zero-order valence-electron chi connectivity index (χ0n) is 13.0. The highest BCUT2D eigenvalue weighted by molar-refractivity contribution is 9.10. The molecule has 1 heterocycles. The summed E-state index contributed by atoms with van der Waals surface area (Å²) in [6.45, 7) is 5.00. The summed E-state index contributed by atoms with van der Waals surface area (Å²) in [4.78, 5) is 12.3. The Bertz CT molecular complexity index is 779. The van der Waals surface area contributed by atoms with E-state index in [0.29, 0.717) is 4.47 Å². The van der Waals surface area contributed by atoms with Gasteiger partial charge in [-0.05, 0) is 54.9 Å². The first-order valence-corrected chi connectivity index (χ1v) is 8.04. The number of hydrogen-bond acceptors (Lipinski definition) is 2. The van der Waals surface area contributed by atoms with Crippen LogP contribution in [-0.2, 0) is 10.9 Å². The maximum absolute atomic E-state index is 13.3. The van der Waals surface area contributed by atoms with E-state index in [4.69, 9.17) is 16.3 Å². The van der Waals surface area contributed by atoms with Gasteiger partial charge in [0.2, 0.25) is 0 Å². The van der Waals surface area contributed by atoms with E-state index in [-0.39, 0.29) is 16.3 Å². The Kier molecular flexibility index (Phi) is 5.06. The fraction of sp³-hybridized carbons (Fsp3) is 0.312. The quantitative estimate of drug-likeness (QED) is 0.532. The van der Waals surface area contributed by atoms with Gasteiger partial charge in [-0.3, -0.25) is 4.57 Å². The number of benzene rings is 1. The molecule has 1 aromatic heterocycles. The van der Waals surface area contributed by atoms with Crippen molar-refractivity contribution in [2.45, 2.75) is 32.5 Å². The van der Waals surface area contributed by atoms with Gasteiger partial charge in [0.1, 0.15) is 5.60 Å². The van der Waals surface area contributed by atoms with Gasteiger partial charge in [0.05, 0.1) is 16.3 Å². The largest absolute Gasteiger partial charge is 0.443 e. The van der Waals surface area contributed by atoms with E-state index in [0.717, 1.165) is 10.6 Å². The molecule has 0 aliphatic carbocycles. The molecule has 0 saturated heterocycles. The summed E-state index contributed by atoms with van der Waals surface area (Å²) < 4.78 is 46.7. The molecule has 0 aliphatic rings. The number of alkyl halides is 3. The third-order valence-electron chi connectivity index (χ3n) is 2.95. The highest BCUT2D eigenvalue weighted by Gasteiger charge is 2.36. The molecule has 0 radical (unpaired) electrons.